The summed E-state index contributed by atoms with van der Waals surface area (Å²) in [6.07, 6.45) is 8.13. The molecule has 0 bridgehead atoms. The quantitative estimate of drug-likeness (QED) is 0.629. The lowest BCUT2D eigenvalue weighted by atomic mass is 9.98. The number of imidazole rings is 2. The van der Waals surface area contributed by atoms with Gasteiger partial charge in [-0.1, -0.05) is 18.2 Å². The van der Waals surface area contributed by atoms with E-state index >= 15 is 0 Å². The van der Waals surface area contributed by atoms with Crippen LogP contribution in [0.3, 0.4) is 0 Å². The third kappa shape index (κ3) is 2.16. The van der Waals surface area contributed by atoms with Gasteiger partial charge in [-0.05, 0) is 35.4 Å². The maximum Gasteiger partial charge on any atom is 0.174 e. The molecular formula is C17H12FN4. The van der Waals surface area contributed by atoms with E-state index in [9.17, 15) is 4.39 Å². The standard InChI is InChI=1S/C17H12FN4/c18-14-4-1-12(2-5-14)17(22-8-7-19-11-22)13-3-6-15-16(9-13)21-10-20-15/h1-9,11,17H,(H,20,21). The van der Waals surface area contributed by atoms with E-state index in [1.165, 1.54) is 12.1 Å². The molecule has 1 unspecified atom stereocenters. The van der Waals surface area contributed by atoms with Crippen molar-refractivity contribution in [1.29, 1.82) is 0 Å². The van der Waals surface area contributed by atoms with E-state index in [0.29, 0.717) is 0 Å². The maximum absolute atomic E-state index is 13.2. The Hall–Kier alpha value is -2.95. The van der Waals surface area contributed by atoms with Crippen molar-refractivity contribution in [3.05, 3.63) is 84.5 Å². The normalized spacial score (nSPS) is 12.6. The van der Waals surface area contributed by atoms with Crippen molar-refractivity contribution >= 4 is 11.0 Å². The average molecular weight is 291 g/mol. The third-order valence-corrected chi connectivity index (χ3v) is 3.71. The van der Waals surface area contributed by atoms with Gasteiger partial charge in [0.25, 0.3) is 0 Å². The smallest absolute Gasteiger partial charge is 0.174 e. The van der Waals surface area contributed by atoms with Crippen LogP contribution in [0.25, 0.3) is 11.0 Å². The Balaban J connectivity index is 1.87. The molecule has 5 heteroatoms. The summed E-state index contributed by atoms with van der Waals surface area (Å²) in [5.41, 5.74) is 3.83. The first-order valence-electron chi connectivity index (χ1n) is 6.90. The number of hydrogen-bond acceptors (Lipinski definition) is 2. The van der Waals surface area contributed by atoms with Gasteiger partial charge in [-0.25, -0.2) is 14.4 Å². The number of aromatic nitrogens is 4. The molecule has 1 radical (unpaired) electrons. The summed E-state index contributed by atoms with van der Waals surface area (Å²) in [5.74, 6) is -0.245. The summed E-state index contributed by atoms with van der Waals surface area (Å²) in [7, 11) is 0. The Morgan fingerprint density at radius 2 is 1.91 bits per heavy atom. The highest BCUT2D eigenvalue weighted by Crippen LogP contribution is 2.28. The Labute approximate surface area is 126 Å². The van der Waals surface area contributed by atoms with Crippen LogP contribution < -0.4 is 0 Å². The van der Waals surface area contributed by atoms with Crippen LogP contribution in [0.1, 0.15) is 17.2 Å². The van der Waals surface area contributed by atoms with Crippen molar-refractivity contribution < 1.29 is 4.39 Å². The van der Waals surface area contributed by atoms with E-state index in [1.54, 1.807) is 24.7 Å². The van der Waals surface area contributed by atoms with E-state index in [2.05, 4.69) is 21.3 Å². The second kappa shape index (κ2) is 5.11. The number of nitrogens with one attached hydrogen (secondary N) is 1. The molecular weight excluding hydrogens is 279 g/mol. The highest BCUT2D eigenvalue weighted by molar-refractivity contribution is 5.75. The monoisotopic (exact) mass is 291 g/mol. The van der Waals surface area contributed by atoms with Crippen LogP contribution in [0, 0.1) is 12.1 Å². The van der Waals surface area contributed by atoms with Gasteiger partial charge in [0.1, 0.15) is 5.82 Å². The number of H-pyrrole nitrogens is 1. The van der Waals surface area contributed by atoms with E-state index in [4.69, 9.17) is 0 Å². The molecule has 2 aromatic heterocycles. The lowest BCUT2D eigenvalue weighted by Crippen LogP contribution is -2.10. The van der Waals surface area contributed by atoms with Gasteiger partial charge in [0.05, 0.1) is 23.4 Å². The lowest BCUT2D eigenvalue weighted by molar-refractivity contribution is 0.622. The van der Waals surface area contributed by atoms with Crippen LogP contribution in [0.5, 0.6) is 0 Å². The highest BCUT2D eigenvalue weighted by Gasteiger charge is 2.16. The average Bonchev–Trinajstić information content (AvgIpc) is 3.20. The summed E-state index contributed by atoms with van der Waals surface area (Å²) >= 11 is 0. The minimum atomic E-state index is -0.245. The molecule has 1 atom stereocenters. The van der Waals surface area contributed by atoms with Crippen molar-refractivity contribution in [3.8, 4) is 0 Å². The van der Waals surface area contributed by atoms with Crippen LogP contribution in [0.4, 0.5) is 4.39 Å². The largest absolute Gasteiger partial charge is 0.335 e. The van der Waals surface area contributed by atoms with Crippen LogP contribution in [-0.2, 0) is 0 Å². The molecule has 2 aromatic carbocycles. The molecule has 4 nitrogen and oxygen atoms in total. The highest BCUT2D eigenvalue weighted by atomic mass is 19.1. The molecule has 1 N–H and O–H groups in total. The van der Waals surface area contributed by atoms with Gasteiger partial charge in [0.2, 0.25) is 0 Å². The van der Waals surface area contributed by atoms with Gasteiger partial charge in [0, 0.05) is 12.4 Å². The predicted molar refractivity (Wildman–Crippen MR) is 80.8 cm³/mol. The topological polar surface area (TPSA) is 46.5 Å². The van der Waals surface area contributed by atoms with Crippen LogP contribution in [0.15, 0.2) is 61.2 Å². The van der Waals surface area contributed by atoms with Crippen LogP contribution >= 0.6 is 0 Å². The summed E-state index contributed by atoms with van der Waals surface area (Å²) in [6, 6.07) is 12.5. The number of nitrogens with zero attached hydrogens (tertiary/aromatic N) is 3. The zero-order valence-corrected chi connectivity index (χ0v) is 11.6. The first kappa shape index (κ1) is 12.8. The van der Waals surface area contributed by atoms with Crippen LogP contribution in [0.2, 0.25) is 0 Å². The number of hydrogen-bond donors (Lipinski definition) is 1. The Kier molecular flexibility index (Phi) is 2.96. The lowest BCUT2D eigenvalue weighted by Gasteiger charge is -2.19. The van der Waals surface area contributed by atoms with E-state index in [0.717, 1.165) is 22.2 Å². The van der Waals surface area contributed by atoms with Crippen molar-refractivity contribution in [3.63, 3.8) is 0 Å². The number of rotatable bonds is 3. The summed E-state index contributed by atoms with van der Waals surface area (Å²) < 4.78 is 15.2. The van der Waals surface area contributed by atoms with Crippen molar-refractivity contribution in [2.75, 3.05) is 0 Å². The molecule has 0 aliphatic rings. The molecule has 2 heterocycles. The fourth-order valence-corrected chi connectivity index (χ4v) is 2.67. The Morgan fingerprint density at radius 3 is 2.68 bits per heavy atom. The molecule has 0 saturated heterocycles. The second-order valence-corrected chi connectivity index (χ2v) is 5.09. The molecule has 4 rings (SSSR count). The zero-order chi connectivity index (χ0) is 14.9. The zero-order valence-electron chi connectivity index (χ0n) is 11.6. The van der Waals surface area contributed by atoms with Gasteiger partial charge >= 0.3 is 0 Å². The third-order valence-electron chi connectivity index (χ3n) is 3.71. The van der Waals surface area contributed by atoms with E-state index in [1.807, 2.05) is 29.0 Å². The van der Waals surface area contributed by atoms with Gasteiger partial charge in [-0.2, -0.15) is 0 Å². The van der Waals surface area contributed by atoms with Crippen molar-refractivity contribution in [1.82, 2.24) is 19.5 Å². The summed E-state index contributed by atoms with van der Waals surface area (Å²) in [4.78, 5) is 11.3. The molecule has 4 aromatic rings. The van der Waals surface area contributed by atoms with Crippen LogP contribution in [-0.4, -0.2) is 19.5 Å². The minimum Gasteiger partial charge on any atom is -0.335 e. The van der Waals surface area contributed by atoms with E-state index < -0.39 is 0 Å². The van der Waals surface area contributed by atoms with Gasteiger partial charge in [-0.15, -0.1) is 0 Å². The van der Waals surface area contributed by atoms with E-state index in [-0.39, 0.29) is 11.9 Å². The molecule has 0 spiro atoms. The molecule has 0 fully saturated rings. The first-order valence-corrected chi connectivity index (χ1v) is 6.90. The SMILES string of the molecule is Fc1ccc(C(c2ccc3[nH][c]nc3c2)n2ccnc2)cc1. The van der Waals surface area contributed by atoms with Crippen molar-refractivity contribution in [2.45, 2.75) is 6.04 Å². The first-order chi connectivity index (χ1) is 10.8. The molecule has 0 saturated carbocycles. The predicted octanol–water partition coefficient (Wildman–Crippen LogP) is 3.34. The Bertz CT molecular complexity index is 894. The second-order valence-electron chi connectivity index (χ2n) is 5.09. The number of fused-ring (bicyclic) bond motifs is 1. The Morgan fingerprint density at radius 1 is 1.09 bits per heavy atom. The fraction of sp³-hybridized carbons (Fsp3) is 0.0588. The molecule has 107 valence electrons. The summed E-state index contributed by atoms with van der Waals surface area (Å²) in [6.45, 7) is 0. The summed E-state index contributed by atoms with van der Waals surface area (Å²) in [5, 5.41) is 0. The molecule has 0 aliphatic heterocycles. The number of halogens is 1. The minimum absolute atomic E-state index is 0.0794. The molecule has 0 aliphatic carbocycles. The fourth-order valence-electron chi connectivity index (χ4n) is 2.67. The van der Waals surface area contributed by atoms with Gasteiger partial charge in [0.15, 0.2) is 6.33 Å². The van der Waals surface area contributed by atoms with Gasteiger partial charge < -0.3 is 9.55 Å². The number of benzene rings is 2. The molecule has 0 amide bonds. The number of aromatic amines is 1. The molecule has 22 heavy (non-hydrogen) atoms. The maximum atomic E-state index is 13.2. The van der Waals surface area contributed by atoms with Gasteiger partial charge in [-0.3, -0.25) is 0 Å². The van der Waals surface area contributed by atoms with Crippen molar-refractivity contribution in [2.24, 2.45) is 0 Å².